The van der Waals surface area contributed by atoms with Gasteiger partial charge in [0.15, 0.2) is 0 Å². The number of methoxy groups -OCH3 is 1. The Labute approximate surface area is 219 Å². The number of alkyl halides is 6. The van der Waals surface area contributed by atoms with Gasteiger partial charge in [-0.05, 0) is 54.8 Å². The lowest BCUT2D eigenvalue weighted by Crippen LogP contribution is -2.61. The molecule has 0 spiro atoms. The summed E-state index contributed by atoms with van der Waals surface area (Å²) in [6.07, 6.45) is -7.65. The highest BCUT2D eigenvalue weighted by Gasteiger charge is 2.43. The first-order valence-electron chi connectivity index (χ1n) is 11.8. The highest BCUT2D eigenvalue weighted by atomic mass is 19.4. The van der Waals surface area contributed by atoms with Gasteiger partial charge in [0.25, 0.3) is 0 Å². The molecule has 13 heteroatoms. The molecule has 1 heterocycles. The number of amides is 2. The Morgan fingerprint density at radius 2 is 1.54 bits per heavy atom. The van der Waals surface area contributed by atoms with Gasteiger partial charge >= 0.3 is 12.4 Å². The van der Waals surface area contributed by atoms with Crippen molar-refractivity contribution in [3.05, 3.63) is 71.0 Å². The maximum absolute atomic E-state index is 13.4. The van der Waals surface area contributed by atoms with Crippen molar-refractivity contribution >= 4 is 23.6 Å². The lowest BCUT2D eigenvalue weighted by molar-refractivity contribution is -0.143. The summed E-state index contributed by atoms with van der Waals surface area (Å²) in [5, 5.41) is 4.74. The zero-order chi connectivity index (χ0) is 28.8. The van der Waals surface area contributed by atoms with Gasteiger partial charge in [0.05, 0.1) is 17.7 Å². The van der Waals surface area contributed by atoms with Gasteiger partial charge in [-0.3, -0.25) is 9.59 Å². The van der Waals surface area contributed by atoms with Crippen molar-refractivity contribution in [3.8, 4) is 0 Å². The van der Waals surface area contributed by atoms with Crippen molar-refractivity contribution < 1.29 is 45.1 Å². The van der Waals surface area contributed by atoms with Gasteiger partial charge < -0.3 is 20.3 Å². The van der Waals surface area contributed by atoms with Crippen molar-refractivity contribution in [2.24, 2.45) is 0 Å². The van der Waals surface area contributed by atoms with Crippen molar-refractivity contribution in [2.75, 3.05) is 38.7 Å². The third kappa shape index (κ3) is 8.27. The van der Waals surface area contributed by atoms with E-state index >= 15 is 0 Å². The summed E-state index contributed by atoms with van der Waals surface area (Å²) in [6, 6.07) is 5.99. The number of benzene rings is 2. The average molecular weight is 561 g/mol. The maximum Gasteiger partial charge on any atom is 0.416 e. The van der Waals surface area contributed by atoms with E-state index in [1.165, 1.54) is 37.5 Å². The summed E-state index contributed by atoms with van der Waals surface area (Å²) in [4.78, 5) is 28.1. The van der Waals surface area contributed by atoms with Gasteiger partial charge in [-0.1, -0.05) is 12.1 Å². The number of hydrogen-bond donors (Lipinski definition) is 2. The summed E-state index contributed by atoms with van der Waals surface area (Å²) < 4.78 is 97.9. The van der Waals surface area contributed by atoms with Crippen molar-refractivity contribution in [1.82, 2.24) is 10.2 Å². The molecule has 1 fully saturated rings. The molecule has 1 aliphatic rings. The molecule has 0 unspecified atom stereocenters. The first kappa shape index (κ1) is 30.1. The number of nitrogens with zero attached hydrogens (tertiary/aromatic N) is 1. The summed E-state index contributed by atoms with van der Waals surface area (Å²) in [7, 11) is 1.51. The van der Waals surface area contributed by atoms with Crippen LogP contribution in [0.25, 0.3) is 6.08 Å². The second kappa shape index (κ2) is 12.2. The molecule has 0 atom stereocenters. The predicted octanol–water partition coefficient (Wildman–Crippen LogP) is 5.11. The fourth-order valence-corrected chi connectivity index (χ4v) is 4.09. The van der Waals surface area contributed by atoms with Crippen molar-refractivity contribution in [1.29, 1.82) is 0 Å². The van der Waals surface area contributed by atoms with Gasteiger partial charge in [-0.25, -0.2) is 4.39 Å². The summed E-state index contributed by atoms with van der Waals surface area (Å²) in [5.41, 5.74) is -5.01. The van der Waals surface area contributed by atoms with Crippen LogP contribution < -0.4 is 10.6 Å². The average Bonchev–Trinajstić information content (AvgIpc) is 2.86. The Balaban J connectivity index is 1.87. The zero-order valence-electron chi connectivity index (χ0n) is 20.8. The fraction of sp³-hybridized carbons (Fsp3) is 0.385. The molecule has 1 aliphatic heterocycles. The van der Waals surface area contributed by atoms with Crippen LogP contribution in [0, 0.1) is 5.82 Å². The number of halogens is 7. The van der Waals surface area contributed by atoms with E-state index in [1.807, 2.05) is 4.90 Å². The molecule has 0 bridgehead atoms. The second-order valence-electron chi connectivity index (χ2n) is 9.04. The number of rotatable bonds is 8. The number of nitrogens with one attached hydrogen (secondary N) is 2. The van der Waals surface area contributed by atoms with E-state index < -0.39 is 52.3 Å². The highest BCUT2D eigenvalue weighted by molar-refractivity contribution is 6.03. The molecule has 2 amide bonds. The van der Waals surface area contributed by atoms with Crippen LogP contribution in [0.3, 0.4) is 0 Å². The van der Waals surface area contributed by atoms with Crippen LogP contribution in [0.15, 0.2) is 48.5 Å². The van der Waals surface area contributed by atoms with Crippen LogP contribution in [-0.2, 0) is 26.7 Å². The Hall–Kier alpha value is -3.45. The van der Waals surface area contributed by atoms with Crippen molar-refractivity contribution in [3.63, 3.8) is 0 Å². The number of hydrogen-bond acceptors (Lipinski definition) is 4. The van der Waals surface area contributed by atoms with Crippen molar-refractivity contribution in [2.45, 2.75) is 30.7 Å². The van der Waals surface area contributed by atoms with Gasteiger partial charge in [-0.15, -0.1) is 0 Å². The van der Waals surface area contributed by atoms with Gasteiger partial charge in [0.2, 0.25) is 11.8 Å². The van der Waals surface area contributed by atoms with E-state index in [2.05, 4.69) is 10.6 Å². The van der Waals surface area contributed by atoms with Crippen LogP contribution in [0.4, 0.5) is 36.4 Å². The normalized spacial score (nSPS) is 16.3. The van der Waals surface area contributed by atoms with Crippen LogP contribution in [-0.4, -0.2) is 55.6 Å². The first-order chi connectivity index (χ1) is 18.2. The Kier molecular flexibility index (Phi) is 9.38. The smallest absolute Gasteiger partial charge is 0.383 e. The number of piperidine rings is 1. The van der Waals surface area contributed by atoms with E-state index in [0.717, 1.165) is 6.08 Å². The molecular weight excluding hydrogens is 535 g/mol. The molecule has 0 aliphatic carbocycles. The molecular formula is C26H26F7N3O3. The van der Waals surface area contributed by atoms with E-state index in [4.69, 9.17) is 4.74 Å². The SMILES string of the molecule is COCCN1CCC(NC(=O)C=Cc2ccc(F)cc2)(C(=O)Nc2cc(C(F)(F)F)cc(C(F)(F)F)c2)CC1. The number of carbonyl (C=O) groups excluding carboxylic acids is 2. The molecule has 6 nitrogen and oxygen atoms in total. The van der Waals surface area contributed by atoms with Gasteiger partial charge in [0.1, 0.15) is 11.4 Å². The minimum absolute atomic E-state index is 0.0315. The lowest BCUT2D eigenvalue weighted by Gasteiger charge is -2.41. The van der Waals surface area contributed by atoms with Crippen LogP contribution in [0.1, 0.15) is 29.5 Å². The molecule has 0 radical (unpaired) electrons. The Morgan fingerprint density at radius 3 is 2.05 bits per heavy atom. The standard InChI is InChI=1S/C26H26F7N3O3/c1-39-13-12-36-10-8-24(9-11-36,35-22(37)7-4-17-2-5-20(27)6-3-17)23(38)34-21-15-18(25(28,29)30)14-19(16-21)26(31,32)33/h2-7,14-16H,8-13H2,1H3,(H,34,38)(H,35,37). The third-order valence-corrected chi connectivity index (χ3v) is 6.26. The monoisotopic (exact) mass is 561 g/mol. The van der Waals surface area contributed by atoms with Crippen LogP contribution in [0.5, 0.6) is 0 Å². The largest absolute Gasteiger partial charge is 0.416 e. The van der Waals surface area contributed by atoms with Gasteiger partial charge in [-0.2, -0.15) is 26.3 Å². The molecule has 2 N–H and O–H groups in total. The summed E-state index contributed by atoms with van der Waals surface area (Å²) in [6.45, 7) is 1.52. The number of ether oxygens (including phenoxy) is 1. The maximum atomic E-state index is 13.4. The lowest BCUT2D eigenvalue weighted by atomic mass is 9.86. The molecule has 2 aromatic rings. The van der Waals surface area contributed by atoms with E-state index in [0.29, 0.717) is 43.9 Å². The van der Waals surface area contributed by atoms with E-state index in [1.54, 1.807) is 0 Å². The number of likely N-dealkylation sites (tertiary alicyclic amines) is 1. The number of anilines is 1. The van der Waals surface area contributed by atoms with E-state index in [-0.39, 0.29) is 18.9 Å². The summed E-state index contributed by atoms with van der Waals surface area (Å²) >= 11 is 0. The Bertz CT molecular complexity index is 1150. The number of carbonyl (C=O) groups is 2. The second-order valence-corrected chi connectivity index (χ2v) is 9.04. The fourth-order valence-electron chi connectivity index (χ4n) is 4.09. The van der Waals surface area contributed by atoms with Gasteiger partial charge in [0, 0.05) is 38.5 Å². The molecule has 2 aromatic carbocycles. The third-order valence-electron chi connectivity index (χ3n) is 6.26. The quantitative estimate of drug-likeness (QED) is 0.347. The molecule has 1 saturated heterocycles. The first-order valence-corrected chi connectivity index (χ1v) is 11.8. The predicted molar refractivity (Wildman–Crippen MR) is 129 cm³/mol. The summed E-state index contributed by atoms with van der Waals surface area (Å²) in [5.74, 6) is -2.15. The zero-order valence-corrected chi connectivity index (χ0v) is 20.8. The highest BCUT2D eigenvalue weighted by Crippen LogP contribution is 2.38. The van der Waals surface area contributed by atoms with Crippen LogP contribution in [0.2, 0.25) is 0 Å². The molecule has 3 rings (SSSR count). The molecule has 39 heavy (non-hydrogen) atoms. The molecule has 0 saturated carbocycles. The topological polar surface area (TPSA) is 70.7 Å². The minimum Gasteiger partial charge on any atom is -0.383 e. The molecule has 0 aromatic heterocycles. The Morgan fingerprint density at radius 1 is 0.974 bits per heavy atom. The molecule has 212 valence electrons. The van der Waals surface area contributed by atoms with Crippen LogP contribution >= 0.6 is 0 Å². The van der Waals surface area contributed by atoms with E-state index in [9.17, 15) is 40.3 Å². The minimum atomic E-state index is -5.09.